The first kappa shape index (κ1) is 14.1. The van der Waals surface area contributed by atoms with E-state index < -0.39 is 6.10 Å². The van der Waals surface area contributed by atoms with Gasteiger partial charge in [0.2, 0.25) is 0 Å². The van der Waals surface area contributed by atoms with Crippen LogP contribution in [0.5, 0.6) is 0 Å². The first-order chi connectivity index (χ1) is 7.31. The van der Waals surface area contributed by atoms with Gasteiger partial charge >= 0.3 is 0 Å². The van der Waals surface area contributed by atoms with E-state index >= 15 is 0 Å². The highest BCUT2D eigenvalue weighted by Crippen LogP contribution is 2.09. The van der Waals surface area contributed by atoms with E-state index in [-0.39, 0.29) is 0 Å². The molecule has 1 nitrogen and oxygen atoms in total. The summed E-state index contributed by atoms with van der Waals surface area (Å²) in [4.78, 5) is 0. The molecule has 0 aromatic carbocycles. The summed E-state index contributed by atoms with van der Waals surface area (Å²) in [6.07, 6.45) is 13.5. The maximum Gasteiger partial charge on any atom is 0.114 e. The van der Waals surface area contributed by atoms with Crippen molar-refractivity contribution in [2.45, 2.75) is 64.4 Å². The van der Waals surface area contributed by atoms with Crippen molar-refractivity contribution in [3.05, 3.63) is 0 Å². The lowest BCUT2D eigenvalue weighted by Crippen LogP contribution is -2.01. The number of hydrogen-bond acceptors (Lipinski definition) is 1. The van der Waals surface area contributed by atoms with E-state index in [1.807, 2.05) is 6.92 Å². The van der Waals surface area contributed by atoms with Gasteiger partial charge in [-0.1, -0.05) is 31.6 Å². The van der Waals surface area contributed by atoms with Crippen molar-refractivity contribution in [2.24, 2.45) is 0 Å². The van der Waals surface area contributed by atoms with Gasteiger partial charge in [-0.2, -0.15) is 0 Å². The maximum absolute atomic E-state index is 9.11. The SMILES string of the molecule is C#CC(O)CCCCCCCCC#CC. The Bertz CT molecular complexity index is 226. The summed E-state index contributed by atoms with van der Waals surface area (Å²) in [5.41, 5.74) is 0. The van der Waals surface area contributed by atoms with E-state index in [1.165, 1.54) is 32.1 Å². The highest BCUT2D eigenvalue weighted by Gasteiger charge is 1.97. The molecule has 15 heavy (non-hydrogen) atoms. The van der Waals surface area contributed by atoms with Crippen LogP contribution in [-0.2, 0) is 0 Å². The Hall–Kier alpha value is -0.920. The number of rotatable bonds is 8. The van der Waals surface area contributed by atoms with Crippen LogP contribution in [0, 0.1) is 24.2 Å². The van der Waals surface area contributed by atoms with Crippen molar-refractivity contribution in [3.63, 3.8) is 0 Å². The van der Waals surface area contributed by atoms with Crippen molar-refractivity contribution in [2.75, 3.05) is 0 Å². The normalized spacial score (nSPS) is 11.3. The summed E-state index contributed by atoms with van der Waals surface area (Å²) in [6.45, 7) is 1.89. The van der Waals surface area contributed by atoms with Crippen molar-refractivity contribution in [3.8, 4) is 24.2 Å². The Morgan fingerprint density at radius 1 is 1.07 bits per heavy atom. The van der Waals surface area contributed by atoms with Gasteiger partial charge in [0.15, 0.2) is 0 Å². The van der Waals surface area contributed by atoms with Crippen LogP contribution in [0.4, 0.5) is 0 Å². The van der Waals surface area contributed by atoms with E-state index in [4.69, 9.17) is 11.5 Å². The minimum absolute atomic E-state index is 0.537. The zero-order chi connectivity index (χ0) is 11.4. The van der Waals surface area contributed by atoms with Crippen LogP contribution in [-0.4, -0.2) is 11.2 Å². The van der Waals surface area contributed by atoms with Gasteiger partial charge in [-0.15, -0.1) is 18.3 Å². The summed E-state index contributed by atoms with van der Waals surface area (Å²) < 4.78 is 0. The molecule has 1 N–H and O–H groups in total. The Labute approximate surface area is 94.3 Å². The maximum atomic E-state index is 9.11. The van der Waals surface area contributed by atoms with Gasteiger partial charge < -0.3 is 5.11 Å². The lowest BCUT2D eigenvalue weighted by Gasteiger charge is -2.02. The minimum atomic E-state index is -0.537. The van der Waals surface area contributed by atoms with E-state index in [9.17, 15) is 0 Å². The van der Waals surface area contributed by atoms with Crippen molar-refractivity contribution in [1.29, 1.82) is 0 Å². The molecule has 0 heterocycles. The van der Waals surface area contributed by atoms with Crippen LogP contribution < -0.4 is 0 Å². The molecule has 0 amide bonds. The summed E-state index contributed by atoms with van der Waals surface area (Å²) in [6, 6.07) is 0. The number of hydrogen-bond donors (Lipinski definition) is 1. The summed E-state index contributed by atoms with van der Waals surface area (Å²) in [5, 5.41) is 9.11. The van der Waals surface area contributed by atoms with Crippen LogP contribution in [0.2, 0.25) is 0 Å². The number of unbranched alkanes of at least 4 members (excludes halogenated alkanes) is 6. The third kappa shape index (κ3) is 11.0. The number of aliphatic hydroxyl groups is 1. The van der Waals surface area contributed by atoms with E-state index in [2.05, 4.69) is 17.8 Å². The second-order valence-electron chi connectivity index (χ2n) is 3.77. The zero-order valence-corrected chi connectivity index (χ0v) is 9.76. The molecule has 1 unspecified atom stereocenters. The smallest absolute Gasteiger partial charge is 0.114 e. The standard InChI is InChI=1S/C14H22O/c1-3-5-6-7-8-9-10-11-12-13-14(15)4-2/h2,14-15H,6-13H2,1H3. The van der Waals surface area contributed by atoms with E-state index in [1.54, 1.807) is 0 Å². The molecular weight excluding hydrogens is 184 g/mol. The molecule has 1 heteroatoms. The van der Waals surface area contributed by atoms with Crippen LogP contribution in [0.25, 0.3) is 0 Å². The number of aliphatic hydroxyl groups excluding tert-OH is 1. The topological polar surface area (TPSA) is 20.2 Å². The number of terminal acetylenes is 1. The monoisotopic (exact) mass is 206 g/mol. The molecule has 0 saturated heterocycles. The van der Waals surface area contributed by atoms with Crippen LogP contribution in [0.1, 0.15) is 58.3 Å². The average Bonchev–Trinajstić information content (AvgIpc) is 2.26. The van der Waals surface area contributed by atoms with Gasteiger partial charge in [0.1, 0.15) is 6.10 Å². The molecule has 0 saturated carbocycles. The first-order valence-corrected chi connectivity index (χ1v) is 5.85. The molecule has 0 aliphatic heterocycles. The third-order valence-electron chi connectivity index (χ3n) is 2.40. The molecule has 0 aromatic heterocycles. The van der Waals surface area contributed by atoms with Gasteiger partial charge in [0, 0.05) is 6.42 Å². The highest BCUT2D eigenvalue weighted by atomic mass is 16.3. The second kappa shape index (κ2) is 11.2. The van der Waals surface area contributed by atoms with Crippen molar-refractivity contribution < 1.29 is 5.11 Å². The lowest BCUT2D eigenvalue weighted by atomic mass is 10.1. The Balaban J connectivity index is 3.05. The lowest BCUT2D eigenvalue weighted by molar-refractivity contribution is 0.217. The highest BCUT2D eigenvalue weighted by molar-refractivity contribution is 4.94. The molecule has 0 fully saturated rings. The minimum Gasteiger partial charge on any atom is -0.380 e. The molecule has 0 radical (unpaired) electrons. The van der Waals surface area contributed by atoms with Gasteiger partial charge in [-0.05, 0) is 26.2 Å². The zero-order valence-electron chi connectivity index (χ0n) is 9.76. The Morgan fingerprint density at radius 3 is 2.27 bits per heavy atom. The molecule has 0 aromatic rings. The van der Waals surface area contributed by atoms with Gasteiger partial charge in [-0.3, -0.25) is 0 Å². The summed E-state index contributed by atoms with van der Waals surface area (Å²) in [5.74, 6) is 8.30. The van der Waals surface area contributed by atoms with Crippen molar-refractivity contribution >= 4 is 0 Å². The first-order valence-electron chi connectivity index (χ1n) is 5.85. The predicted molar refractivity (Wildman–Crippen MR) is 65.2 cm³/mol. The average molecular weight is 206 g/mol. The second-order valence-corrected chi connectivity index (χ2v) is 3.77. The van der Waals surface area contributed by atoms with Gasteiger partial charge in [-0.25, -0.2) is 0 Å². The predicted octanol–water partition coefficient (Wildman–Crippen LogP) is 3.12. The van der Waals surface area contributed by atoms with Crippen LogP contribution in [0.3, 0.4) is 0 Å². The fourth-order valence-electron chi connectivity index (χ4n) is 1.47. The van der Waals surface area contributed by atoms with Gasteiger partial charge in [0.05, 0.1) is 0 Å². The summed E-state index contributed by atoms with van der Waals surface area (Å²) >= 11 is 0. The largest absolute Gasteiger partial charge is 0.380 e. The molecule has 84 valence electrons. The quantitative estimate of drug-likeness (QED) is 0.478. The van der Waals surface area contributed by atoms with Crippen LogP contribution in [0.15, 0.2) is 0 Å². The molecule has 0 spiro atoms. The molecule has 0 aliphatic carbocycles. The fourth-order valence-corrected chi connectivity index (χ4v) is 1.47. The Morgan fingerprint density at radius 2 is 1.67 bits per heavy atom. The van der Waals surface area contributed by atoms with Gasteiger partial charge in [0.25, 0.3) is 0 Å². The molecule has 0 bridgehead atoms. The molecular formula is C14H22O. The van der Waals surface area contributed by atoms with Crippen molar-refractivity contribution in [1.82, 2.24) is 0 Å². The molecule has 1 atom stereocenters. The fraction of sp³-hybridized carbons (Fsp3) is 0.714. The summed E-state index contributed by atoms with van der Waals surface area (Å²) in [7, 11) is 0. The third-order valence-corrected chi connectivity index (χ3v) is 2.40. The van der Waals surface area contributed by atoms with Crippen LogP contribution >= 0.6 is 0 Å². The van der Waals surface area contributed by atoms with E-state index in [0.29, 0.717) is 0 Å². The Kier molecular flexibility index (Phi) is 10.5. The molecule has 0 rings (SSSR count). The molecule has 0 aliphatic rings. The van der Waals surface area contributed by atoms with E-state index in [0.717, 1.165) is 19.3 Å².